The van der Waals surface area contributed by atoms with Gasteiger partial charge in [0.2, 0.25) is 5.91 Å². The lowest BCUT2D eigenvalue weighted by molar-refractivity contribution is -0.137. The predicted octanol–water partition coefficient (Wildman–Crippen LogP) is -0.347. The molecular weight excluding hydrogens is 174 g/mol. The number of amides is 1. The van der Waals surface area contributed by atoms with E-state index in [-0.39, 0.29) is 31.1 Å². The minimum Gasteiger partial charge on any atom is -0.481 e. The van der Waals surface area contributed by atoms with Crippen LogP contribution in [0.4, 0.5) is 0 Å². The Morgan fingerprint density at radius 2 is 2.15 bits per heavy atom. The zero-order valence-corrected chi connectivity index (χ0v) is 7.15. The molecule has 0 unspecified atom stereocenters. The second-order valence-corrected chi connectivity index (χ2v) is 3.03. The van der Waals surface area contributed by atoms with Crippen molar-refractivity contribution in [1.82, 2.24) is 4.90 Å². The number of carbonyl (C=O) groups is 3. The Bertz CT molecular complexity index is 249. The zero-order valence-electron chi connectivity index (χ0n) is 7.15. The van der Waals surface area contributed by atoms with Gasteiger partial charge in [-0.1, -0.05) is 0 Å². The lowest BCUT2D eigenvalue weighted by atomic mass is 10.3. The monoisotopic (exact) mass is 185 g/mol. The van der Waals surface area contributed by atoms with Crippen molar-refractivity contribution in [3.8, 4) is 0 Å². The second kappa shape index (κ2) is 4.02. The van der Waals surface area contributed by atoms with Crippen molar-refractivity contribution in [2.45, 2.75) is 19.3 Å². The van der Waals surface area contributed by atoms with Gasteiger partial charge in [0.25, 0.3) is 0 Å². The van der Waals surface area contributed by atoms with Crippen molar-refractivity contribution in [3.05, 3.63) is 0 Å². The number of nitrogens with zero attached hydrogens (tertiary/aromatic N) is 1. The molecule has 0 aliphatic carbocycles. The van der Waals surface area contributed by atoms with Crippen LogP contribution in [0, 0.1) is 0 Å². The summed E-state index contributed by atoms with van der Waals surface area (Å²) in [5.41, 5.74) is 0. The van der Waals surface area contributed by atoms with E-state index in [0.717, 1.165) is 0 Å². The van der Waals surface area contributed by atoms with Gasteiger partial charge in [0, 0.05) is 13.0 Å². The highest BCUT2D eigenvalue weighted by Crippen LogP contribution is 2.07. The Labute approximate surface area is 75.3 Å². The maximum absolute atomic E-state index is 11.0. The molecule has 0 aromatic carbocycles. The molecule has 5 nitrogen and oxygen atoms in total. The first-order valence-electron chi connectivity index (χ1n) is 4.11. The van der Waals surface area contributed by atoms with E-state index in [1.807, 2.05) is 0 Å². The molecule has 0 saturated carbocycles. The fourth-order valence-corrected chi connectivity index (χ4v) is 1.26. The molecular formula is C8H11NO4. The summed E-state index contributed by atoms with van der Waals surface area (Å²) in [6, 6.07) is 0. The van der Waals surface area contributed by atoms with E-state index in [9.17, 15) is 14.4 Å². The van der Waals surface area contributed by atoms with Crippen LogP contribution in [0.25, 0.3) is 0 Å². The van der Waals surface area contributed by atoms with Crippen molar-refractivity contribution in [2.75, 3.05) is 13.1 Å². The summed E-state index contributed by atoms with van der Waals surface area (Å²) in [6.45, 7) is 0.523. The first-order chi connectivity index (χ1) is 6.09. The van der Waals surface area contributed by atoms with Crippen LogP contribution >= 0.6 is 0 Å². The molecule has 0 atom stereocenters. The zero-order chi connectivity index (χ0) is 9.84. The lowest BCUT2D eigenvalue weighted by Gasteiger charge is -2.12. The Kier molecular flexibility index (Phi) is 3.00. The standard InChI is InChI=1S/C8H11NO4/c10-6-4-7(11)9(5-6)3-1-2-8(12)13/h1-5H2,(H,12,13). The molecule has 1 aliphatic rings. The summed E-state index contributed by atoms with van der Waals surface area (Å²) in [4.78, 5) is 33.4. The average molecular weight is 185 g/mol. The first kappa shape index (κ1) is 9.70. The number of aliphatic carboxylic acids is 1. The molecule has 0 bridgehead atoms. The molecule has 1 rings (SSSR count). The lowest BCUT2D eigenvalue weighted by Crippen LogP contribution is -2.26. The van der Waals surface area contributed by atoms with E-state index in [2.05, 4.69) is 0 Å². The van der Waals surface area contributed by atoms with Gasteiger partial charge in [-0.05, 0) is 6.42 Å². The Balaban J connectivity index is 2.26. The summed E-state index contributed by atoms with van der Waals surface area (Å²) in [5, 5.41) is 8.33. The van der Waals surface area contributed by atoms with Gasteiger partial charge in [-0.15, -0.1) is 0 Å². The number of likely N-dealkylation sites (tertiary alicyclic amines) is 1. The second-order valence-electron chi connectivity index (χ2n) is 3.03. The quantitative estimate of drug-likeness (QED) is 0.607. The first-order valence-corrected chi connectivity index (χ1v) is 4.11. The van der Waals surface area contributed by atoms with Gasteiger partial charge in [0.05, 0.1) is 13.0 Å². The topological polar surface area (TPSA) is 74.7 Å². The summed E-state index contributed by atoms with van der Waals surface area (Å²) in [7, 11) is 0. The number of rotatable bonds is 4. The number of carboxylic acids is 1. The summed E-state index contributed by atoms with van der Waals surface area (Å²) < 4.78 is 0. The fraction of sp³-hybridized carbons (Fsp3) is 0.625. The fourth-order valence-electron chi connectivity index (χ4n) is 1.26. The van der Waals surface area contributed by atoms with Crippen molar-refractivity contribution in [2.24, 2.45) is 0 Å². The van der Waals surface area contributed by atoms with Gasteiger partial charge in [-0.2, -0.15) is 0 Å². The molecule has 0 spiro atoms. The van der Waals surface area contributed by atoms with Gasteiger partial charge >= 0.3 is 5.97 Å². The van der Waals surface area contributed by atoms with E-state index in [0.29, 0.717) is 13.0 Å². The van der Waals surface area contributed by atoms with Gasteiger partial charge in [-0.25, -0.2) is 0 Å². The van der Waals surface area contributed by atoms with Crippen LogP contribution in [0.15, 0.2) is 0 Å². The molecule has 72 valence electrons. The van der Waals surface area contributed by atoms with Gasteiger partial charge in [-0.3, -0.25) is 14.4 Å². The molecule has 0 aromatic rings. The van der Waals surface area contributed by atoms with Crippen LogP contribution in [0.1, 0.15) is 19.3 Å². The number of hydrogen-bond donors (Lipinski definition) is 1. The number of hydrogen-bond acceptors (Lipinski definition) is 3. The van der Waals surface area contributed by atoms with E-state index in [4.69, 9.17) is 5.11 Å². The van der Waals surface area contributed by atoms with E-state index in [1.165, 1.54) is 4.90 Å². The number of carboxylic acid groups (broad SMARTS) is 1. The normalized spacial score (nSPS) is 16.8. The Morgan fingerprint density at radius 3 is 2.62 bits per heavy atom. The minimum atomic E-state index is -0.877. The smallest absolute Gasteiger partial charge is 0.303 e. The summed E-state index contributed by atoms with van der Waals surface area (Å²) in [6.07, 6.45) is 0.430. The summed E-state index contributed by atoms with van der Waals surface area (Å²) >= 11 is 0. The maximum Gasteiger partial charge on any atom is 0.303 e. The Hall–Kier alpha value is -1.39. The van der Waals surface area contributed by atoms with Gasteiger partial charge in [0.1, 0.15) is 0 Å². The van der Waals surface area contributed by atoms with Crippen LogP contribution in [0.5, 0.6) is 0 Å². The largest absolute Gasteiger partial charge is 0.481 e. The molecule has 1 amide bonds. The third-order valence-corrected chi connectivity index (χ3v) is 1.89. The van der Waals surface area contributed by atoms with Gasteiger partial charge in [0.15, 0.2) is 5.78 Å². The molecule has 13 heavy (non-hydrogen) atoms. The third-order valence-electron chi connectivity index (χ3n) is 1.89. The number of carbonyl (C=O) groups excluding carboxylic acids is 2. The van der Waals surface area contributed by atoms with Crippen LogP contribution in [0.3, 0.4) is 0 Å². The summed E-state index contributed by atoms with van der Waals surface area (Å²) in [5.74, 6) is -1.14. The number of ketones is 1. The van der Waals surface area contributed by atoms with E-state index in [1.54, 1.807) is 0 Å². The van der Waals surface area contributed by atoms with Gasteiger partial charge < -0.3 is 10.0 Å². The average Bonchev–Trinajstić information content (AvgIpc) is 2.29. The third kappa shape index (κ3) is 2.85. The van der Waals surface area contributed by atoms with Crippen LogP contribution in [-0.2, 0) is 14.4 Å². The van der Waals surface area contributed by atoms with Crippen molar-refractivity contribution in [1.29, 1.82) is 0 Å². The Morgan fingerprint density at radius 1 is 1.46 bits per heavy atom. The van der Waals surface area contributed by atoms with Crippen LogP contribution in [0.2, 0.25) is 0 Å². The molecule has 1 aliphatic heterocycles. The van der Waals surface area contributed by atoms with Crippen LogP contribution in [-0.4, -0.2) is 40.8 Å². The molecule has 1 N–H and O–H groups in total. The highest BCUT2D eigenvalue weighted by atomic mass is 16.4. The molecule has 5 heteroatoms. The van der Waals surface area contributed by atoms with Crippen molar-refractivity contribution >= 4 is 17.7 Å². The predicted molar refractivity (Wildman–Crippen MR) is 43.1 cm³/mol. The molecule has 1 heterocycles. The van der Waals surface area contributed by atoms with Crippen molar-refractivity contribution < 1.29 is 19.5 Å². The van der Waals surface area contributed by atoms with E-state index >= 15 is 0 Å². The molecule has 0 radical (unpaired) electrons. The maximum atomic E-state index is 11.0. The minimum absolute atomic E-state index is 0.0208. The van der Waals surface area contributed by atoms with Crippen molar-refractivity contribution in [3.63, 3.8) is 0 Å². The molecule has 1 saturated heterocycles. The molecule has 0 aromatic heterocycles. The highest BCUT2D eigenvalue weighted by Gasteiger charge is 2.26. The van der Waals surface area contributed by atoms with E-state index < -0.39 is 5.97 Å². The highest BCUT2D eigenvalue weighted by molar-refractivity contribution is 6.05. The SMILES string of the molecule is O=C(O)CCCN1CC(=O)CC1=O. The number of Topliss-reactive ketones (excluding diaryl/α,β-unsaturated/α-hetero) is 1. The van der Waals surface area contributed by atoms with Crippen LogP contribution < -0.4 is 0 Å². The molecule has 1 fully saturated rings.